The highest BCUT2D eigenvalue weighted by Gasteiger charge is 2.40. The lowest BCUT2D eigenvalue weighted by molar-refractivity contribution is 0.140. The van der Waals surface area contributed by atoms with Crippen molar-refractivity contribution in [2.24, 2.45) is 0 Å². The highest BCUT2D eigenvalue weighted by molar-refractivity contribution is 6.75. The van der Waals surface area contributed by atoms with Gasteiger partial charge in [-0.25, -0.2) is 0 Å². The van der Waals surface area contributed by atoms with Crippen molar-refractivity contribution in [2.75, 3.05) is 42.7 Å². The zero-order valence-electron chi connectivity index (χ0n) is 12.9. The maximum Gasteiger partial charge on any atom is 0.536 e. The monoisotopic (exact) mass is 320 g/mol. The van der Waals surface area contributed by atoms with Crippen LogP contribution in [0.3, 0.4) is 0 Å². The van der Waals surface area contributed by atoms with E-state index in [1.54, 1.807) is 42.7 Å². The Morgan fingerprint density at radius 2 is 1.10 bits per heavy atom. The molecule has 0 spiro atoms. The Hall–Kier alpha value is -0.586. The van der Waals surface area contributed by atoms with Crippen LogP contribution in [0.25, 0.3) is 0 Å². The predicted octanol–water partition coefficient (Wildman–Crippen LogP) is 0.415. The van der Waals surface area contributed by atoms with Gasteiger partial charge in [0.2, 0.25) is 0 Å². The number of hydrogen-bond acceptors (Lipinski definition) is 6. The average Bonchev–Trinajstić information content (AvgIpc) is 2.53. The predicted molar refractivity (Wildman–Crippen MR) is 81.0 cm³/mol. The molecule has 0 unspecified atom stereocenters. The molecule has 0 aliphatic rings. The van der Waals surface area contributed by atoms with Crippen LogP contribution in [0, 0.1) is 0 Å². The summed E-state index contributed by atoms with van der Waals surface area (Å²) in [4.78, 5) is 0. The van der Waals surface area contributed by atoms with E-state index in [0.29, 0.717) is 0 Å². The fourth-order valence-electron chi connectivity index (χ4n) is 1.53. The topological polar surface area (TPSA) is 55.4 Å². The zero-order chi connectivity index (χ0) is 15.4. The summed E-state index contributed by atoms with van der Waals surface area (Å²) in [6.45, 7) is 0. The number of hydrogen-bond donors (Lipinski definition) is 0. The average molecular weight is 320 g/mol. The summed E-state index contributed by atoms with van der Waals surface area (Å²) in [6, 6.07) is 9.72. The molecule has 0 saturated heterocycles. The summed E-state index contributed by atoms with van der Waals surface area (Å²) in [5.41, 5.74) is 0. The number of rotatable bonds is 7. The summed E-state index contributed by atoms with van der Waals surface area (Å²) in [5.74, 6) is 0. The van der Waals surface area contributed by atoms with Crippen molar-refractivity contribution in [3.8, 4) is 0 Å². The van der Waals surface area contributed by atoms with Crippen molar-refractivity contribution >= 4 is 23.5 Å². The molecule has 1 rings (SSSR count). The minimum Gasteiger partial charge on any atom is -0.379 e. The first-order chi connectivity index (χ1) is 9.63. The van der Waals surface area contributed by atoms with Gasteiger partial charge in [0.25, 0.3) is 0 Å². The van der Waals surface area contributed by atoms with E-state index >= 15 is 0 Å². The van der Waals surface area contributed by atoms with E-state index < -0.39 is 18.3 Å². The van der Waals surface area contributed by atoms with Gasteiger partial charge < -0.3 is 26.6 Å². The molecule has 8 heteroatoms. The maximum atomic E-state index is 5.32. The molecule has 0 aromatic heterocycles. The van der Waals surface area contributed by atoms with Crippen molar-refractivity contribution in [2.45, 2.75) is 0 Å². The molecule has 1 aromatic carbocycles. The third kappa shape index (κ3) is 5.81. The summed E-state index contributed by atoms with van der Waals surface area (Å²) in [6.07, 6.45) is 0. The first-order valence-corrected chi connectivity index (χ1v) is 9.07. The SMILES string of the molecule is CO[SiH](OC)OC.CO[Si](OC)(OC)c1ccccc1. The minimum atomic E-state index is -2.59. The van der Waals surface area contributed by atoms with Crippen molar-refractivity contribution in [1.29, 1.82) is 0 Å². The van der Waals surface area contributed by atoms with Crippen LogP contribution in [0.1, 0.15) is 0 Å². The van der Waals surface area contributed by atoms with E-state index in [2.05, 4.69) is 0 Å². The summed E-state index contributed by atoms with van der Waals surface area (Å²) >= 11 is 0. The van der Waals surface area contributed by atoms with Crippen LogP contribution in [0.5, 0.6) is 0 Å². The quantitative estimate of drug-likeness (QED) is 0.679. The van der Waals surface area contributed by atoms with Gasteiger partial charge in [0.05, 0.1) is 0 Å². The Labute approximate surface area is 123 Å². The molecule has 0 atom stereocenters. The van der Waals surface area contributed by atoms with E-state index in [1.165, 1.54) is 0 Å². The van der Waals surface area contributed by atoms with Crippen LogP contribution >= 0.6 is 0 Å². The molecule has 0 N–H and O–H groups in total. The molecule has 1 aromatic rings. The molecule has 0 fully saturated rings. The zero-order valence-corrected chi connectivity index (χ0v) is 15.1. The molecule has 116 valence electrons. The molecule has 0 bridgehead atoms. The first kappa shape index (κ1) is 19.4. The molecular weight excluding hydrogens is 296 g/mol. The Balaban J connectivity index is 0.000000441. The third-order valence-corrected chi connectivity index (χ3v) is 6.32. The Kier molecular flexibility index (Phi) is 10.8. The van der Waals surface area contributed by atoms with Gasteiger partial charge in [-0.15, -0.1) is 0 Å². The van der Waals surface area contributed by atoms with Gasteiger partial charge in [-0.2, -0.15) is 0 Å². The van der Waals surface area contributed by atoms with Crippen LogP contribution in [-0.2, 0) is 26.6 Å². The second-order valence-electron chi connectivity index (χ2n) is 3.53. The van der Waals surface area contributed by atoms with Crippen molar-refractivity contribution in [1.82, 2.24) is 0 Å². The van der Waals surface area contributed by atoms with E-state index in [1.807, 2.05) is 30.3 Å². The van der Waals surface area contributed by atoms with Gasteiger partial charge in [0.1, 0.15) is 0 Å². The molecule has 0 aliphatic heterocycles. The molecular formula is C12H24O6Si2. The van der Waals surface area contributed by atoms with Crippen LogP contribution in [0.15, 0.2) is 30.3 Å². The third-order valence-electron chi connectivity index (χ3n) is 2.51. The number of benzene rings is 1. The fourth-order valence-corrected chi connectivity index (χ4v) is 3.92. The highest BCUT2D eigenvalue weighted by atomic mass is 28.4. The molecule has 6 nitrogen and oxygen atoms in total. The van der Waals surface area contributed by atoms with E-state index in [9.17, 15) is 0 Å². The fraction of sp³-hybridized carbons (Fsp3) is 0.500. The standard InChI is InChI=1S/C9H14O3Si.C3H10O3Si/c1-10-13(11-2,12-3)9-7-5-4-6-8-9;1-4-7(5-2)6-3/h4-8H,1-3H3;7H,1-3H3. The van der Waals surface area contributed by atoms with Crippen LogP contribution in [0.2, 0.25) is 0 Å². The summed E-state index contributed by atoms with van der Waals surface area (Å²) in [7, 11) is 5.27. The van der Waals surface area contributed by atoms with Gasteiger partial charge in [-0.3, -0.25) is 0 Å². The largest absolute Gasteiger partial charge is 0.536 e. The highest BCUT2D eigenvalue weighted by Crippen LogP contribution is 2.05. The smallest absolute Gasteiger partial charge is 0.379 e. The lowest BCUT2D eigenvalue weighted by atomic mass is 10.4. The van der Waals surface area contributed by atoms with Crippen LogP contribution < -0.4 is 5.19 Å². The van der Waals surface area contributed by atoms with Gasteiger partial charge >= 0.3 is 18.3 Å². The second-order valence-corrected chi connectivity index (χ2v) is 8.44. The van der Waals surface area contributed by atoms with Crippen LogP contribution in [0.4, 0.5) is 0 Å². The van der Waals surface area contributed by atoms with Gasteiger partial charge in [-0.05, 0) is 0 Å². The van der Waals surface area contributed by atoms with Gasteiger partial charge in [0, 0.05) is 47.8 Å². The summed E-state index contributed by atoms with van der Waals surface area (Å²) in [5, 5.41) is 0.975. The first-order valence-electron chi connectivity index (χ1n) is 5.93. The maximum absolute atomic E-state index is 5.32. The van der Waals surface area contributed by atoms with Crippen molar-refractivity contribution in [3.63, 3.8) is 0 Å². The van der Waals surface area contributed by atoms with E-state index in [0.717, 1.165) is 5.19 Å². The van der Waals surface area contributed by atoms with Crippen LogP contribution in [-0.4, -0.2) is 61.0 Å². The second kappa shape index (κ2) is 11.1. The molecule has 0 saturated carbocycles. The summed E-state index contributed by atoms with van der Waals surface area (Å²) < 4.78 is 30.2. The van der Waals surface area contributed by atoms with Gasteiger partial charge in [-0.1, -0.05) is 30.3 Å². The molecule has 0 amide bonds. The molecule has 0 aliphatic carbocycles. The van der Waals surface area contributed by atoms with E-state index in [-0.39, 0.29) is 0 Å². The lowest BCUT2D eigenvalue weighted by Crippen LogP contribution is -2.54. The Bertz CT molecular complexity index is 316. The van der Waals surface area contributed by atoms with Crippen molar-refractivity contribution < 1.29 is 26.6 Å². The molecule has 20 heavy (non-hydrogen) atoms. The van der Waals surface area contributed by atoms with Gasteiger partial charge in [0.15, 0.2) is 0 Å². The normalized spacial score (nSPS) is 11.2. The van der Waals surface area contributed by atoms with E-state index in [4.69, 9.17) is 26.6 Å². The molecule has 0 heterocycles. The minimum absolute atomic E-state index is 0.975. The lowest BCUT2D eigenvalue weighted by Gasteiger charge is -2.24. The molecule has 0 radical (unpaired) electrons. The Morgan fingerprint density at radius 1 is 0.700 bits per heavy atom. The Morgan fingerprint density at radius 3 is 1.35 bits per heavy atom. The van der Waals surface area contributed by atoms with Crippen molar-refractivity contribution in [3.05, 3.63) is 30.3 Å².